The molecule has 1 aliphatic rings. The number of hydrogen-bond acceptors (Lipinski definition) is 8. The van der Waals surface area contributed by atoms with Crippen LogP contribution in [-0.4, -0.2) is 72.4 Å². The van der Waals surface area contributed by atoms with Gasteiger partial charge in [-0.3, -0.25) is 0 Å². The van der Waals surface area contributed by atoms with Crippen molar-refractivity contribution in [1.82, 2.24) is 19.5 Å². The van der Waals surface area contributed by atoms with E-state index in [-0.39, 0.29) is 18.9 Å². The first kappa shape index (κ1) is 11.5. The predicted molar refractivity (Wildman–Crippen MR) is 91.0 cm³/mol. The van der Waals surface area contributed by atoms with Crippen LogP contribution in [0.3, 0.4) is 0 Å². The number of anilines is 1. The van der Waals surface area contributed by atoms with Gasteiger partial charge < -0.3 is 29.9 Å². The van der Waals surface area contributed by atoms with E-state index in [4.69, 9.17) is 13.0 Å². The Labute approximate surface area is 153 Å². The number of hydrogen-bond donors (Lipinski definition) is 4. The molecule has 4 atom stereocenters. The Morgan fingerprint density at radius 2 is 2.12 bits per heavy atom. The van der Waals surface area contributed by atoms with Gasteiger partial charge in [-0.05, 0) is 13.7 Å². The van der Waals surface area contributed by atoms with Crippen molar-refractivity contribution >= 4 is 17.0 Å². The molecule has 1 aliphatic heterocycles. The van der Waals surface area contributed by atoms with Crippen LogP contribution in [0.2, 0.25) is 0 Å². The molecule has 1 unspecified atom stereocenters. The smallest absolute Gasteiger partial charge is 0.165 e. The second-order valence-corrected chi connectivity index (χ2v) is 5.67. The van der Waals surface area contributed by atoms with Crippen LogP contribution in [0.5, 0.6) is 0 Å². The first-order valence-corrected chi connectivity index (χ1v) is 7.66. The molecule has 3 rings (SSSR count). The lowest BCUT2D eigenvalue weighted by Gasteiger charge is -2.15. The molecular weight excluding hydrogens is 326 g/mol. The van der Waals surface area contributed by atoms with Crippen molar-refractivity contribution in [3.63, 3.8) is 0 Å². The highest BCUT2D eigenvalue weighted by molar-refractivity contribution is 5.82. The molecule has 9 heteroatoms. The van der Waals surface area contributed by atoms with Crippen LogP contribution in [0.15, 0.2) is 24.3 Å². The van der Waals surface area contributed by atoms with Gasteiger partial charge in [-0.25, -0.2) is 15.0 Å². The third-order valence-corrected chi connectivity index (χ3v) is 3.99. The zero-order valence-electron chi connectivity index (χ0n) is 19.2. The summed E-state index contributed by atoms with van der Waals surface area (Å²) >= 11 is 0. The van der Waals surface area contributed by atoms with Crippen LogP contribution in [0.4, 0.5) is 5.82 Å². The highest BCUT2D eigenvalue weighted by Gasteiger charge is 2.42. The molecule has 4 N–H and O–H groups in total. The van der Waals surface area contributed by atoms with Crippen molar-refractivity contribution < 1.29 is 28.3 Å². The normalized spacial score (nSPS) is 30.7. The van der Waals surface area contributed by atoms with E-state index >= 15 is 0 Å². The second kappa shape index (κ2) is 7.44. The Balaban J connectivity index is 1.78. The SMILES string of the molecule is [2H]C([2H])([2H])C(=CCNc1ncnc2c1ncn2C[C@@H]1O[C@H](CO)[C@H](O)C1O)C([2H])([2H])[2H]. The second-order valence-electron chi connectivity index (χ2n) is 5.67. The Morgan fingerprint density at radius 1 is 1.32 bits per heavy atom. The van der Waals surface area contributed by atoms with Crippen LogP contribution in [-0.2, 0) is 11.3 Å². The molecule has 0 radical (unpaired) electrons. The van der Waals surface area contributed by atoms with Crippen LogP contribution < -0.4 is 5.32 Å². The number of nitrogens with one attached hydrogen (secondary N) is 1. The number of ether oxygens (including phenoxy) is 1. The van der Waals surface area contributed by atoms with Crippen LogP contribution in [0.1, 0.15) is 21.9 Å². The predicted octanol–water partition coefficient (Wildman–Crippen LogP) is -0.314. The summed E-state index contributed by atoms with van der Waals surface area (Å²) in [4.78, 5) is 12.4. The number of imidazole rings is 1. The van der Waals surface area contributed by atoms with Crippen LogP contribution in [0, 0.1) is 0 Å². The van der Waals surface area contributed by atoms with Gasteiger partial charge >= 0.3 is 0 Å². The van der Waals surface area contributed by atoms with E-state index in [1.165, 1.54) is 12.7 Å². The van der Waals surface area contributed by atoms with Gasteiger partial charge in [0, 0.05) is 14.8 Å². The molecule has 3 heterocycles. The Bertz CT molecular complexity index is 931. The Morgan fingerprint density at radius 3 is 2.84 bits per heavy atom. The van der Waals surface area contributed by atoms with Crippen molar-refractivity contribution in [2.45, 2.75) is 44.7 Å². The number of aliphatic hydroxyl groups is 3. The molecule has 0 saturated carbocycles. The van der Waals surface area contributed by atoms with Crippen molar-refractivity contribution in [2.75, 3.05) is 18.5 Å². The summed E-state index contributed by atoms with van der Waals surface area (Å²) in [5.41, 5.74) is 0.0748. The summed E-state index contributed by atoms with van der Waals surface area (Å²) in [6.07, 6.45) is -0.321. The van der Waals surface area contributed by atoms with Gasteiger partial charge in [-0.2, -0.15) is 0 Å². The topological polar surface area (TPSA) is 126 Å². The van der Waals surface area contributed by atoms with Crippen molar-refractivity contribution in [2.24, 2.45) is 0 Å². The Kier molecular flexibility index (Phi) is 3.43. The molecule has 2 aromatic heterocycles. The number of aliphatic hydroxyl groups excluding tert-OH is 3. The number of allylic oxidation sites excluding steroid dienone is 1. The average molecular weight is 355 g/mol. The van der Waals surface area contributed by atoms with E-state index < -0.39 is 50.3 Å². The van der Waals surface area contributed by atoms with Gasteiger partial charge in [0.25, 0.3) is 0 Å². The summed E-state index contributed by atoms with van der Waals surface area (Å²) in [5.74, 6) is 0.261. The van der Waals surface area contributed by atoms with Gasteiger partial charge in [0.2, 0.25) is 0 Å². The van der Waals surface area contributed by atoms with Crippen molar-refractivity contribution in [3.05, 3.63) is 24.3 Å². The summed E-state index contributed by atoms with van der Waals surface area (Å²) in [7, 11) is 0. The zero-order valence-corrected chi connectivity index (χ0v) is 13.2. The molecule has 1 saturated heterocycles. The maximum absolute atomic E-state index is 10.1. The molecule has 0 aliphatic carbocycles. The minimum absolute atomic E-state index is 0.101. The summed E-state index contributed by atoms with van der Waals surface area (Å²) in [5, 5.41) is 32.1. The lowest BCUT2D eigenvalue weighted by molar-refractivity contribution is -0.0262. The monoisotopic (exact) mass is 355 g/mol. The molecule has 25 heavy (non-hydrogen) atoms. The maximum Gasteiger partial charge on any atom is 0.165 e. The van der Waals surface area contributed by atoms with E-state index in [0.717, 1.165) is 6.08 Å². The molecule has 0 bridgehead atoms. The van der Waals surface area contributed by atoms with Gasteiger partial charge in [0.05, 0.1) is 19.5 Å². The molecule has 9 nitrogen and oxygen atoms in total. The van der Waals surface area contributed by atoms with Gasteiger partial charge in [-0.15, -0.1) is 0 Å². The molecule has 1 fully saturated rings. The summed E-state index contributed by atoms with van der Waals surface area (Å²) in [6, 6.07) is 0. The van der Waals surface area contributed by atoms with Crippen LogP contribution >= 0.6 is 0 Å². The third kappa shape index (κ3) is 3.64. The fraction of sp³-hybridized carbons (Fsp3) is 0.562. The molecule has 0 spiro atoms. The van der Waals surface area contributed by atoms with E-state index in [1.807, 2.05) is 0 Å². The maximum atomic E-state index is 10.1. The van der Waals surface area contributed by atoms with Crippen molar-refractivity contribution in [1.29, 1.82) is 0 Å². The van der Waals surface area contributed by atoms with Gasteiger partial charge in [0.1, 0.15) is 36.3 Å². The first-order chi connectivity index (χ1) is 14.4. The summed E-state index contributed by atoms with van der Waals surface area (Å²) < 4.78 is 51.4. The number of fused-ring (bicyclic) bond motifs is 1. The largest absolute Gasteiger partial charge is 0.394 e. The van der Waals surface area contributed by atoms with Gasteiger partial charge in [0.15, 0.2) is 11.5 Å². The van der Waals surface area contributed by atoms with E-state index in [9.17, 15) is 15.3 Å². The highest BCUT2D eigenvalue weighted by Crippen LogP contribution is 2.24. The highest BCUT2D eigenvalue weighted by atomic mass is 16.6. The number of rotatable bonds is 6. The van der Waals surface area contributed by atoms with E-state index in [0.29, 0.717) is 11.2 Å². The molecular formula is C16H23N5O4. The molecule has 136 valence electrons. The minimum Gasteiger partial charge on any atom is -0.394 e. The van der Waals surface area contributed by atoms with E-state index in [2.05, 4.69) is 20.3 Å². The lowest BCUT2D eigenvalue weighted by atomic mass is 10.1. The van der Waals surface area contributed by atoms with Crippen molar-refractivity contribution in [3.8, 4) is 0 Å². The number of nitrogens with zero attached hydrogens (tertiary/aromatic N) is 4. The molecule has 2 aromatic rings. The lowest BCUT2D eigenvalue weighted by Crippen LogP contribution is -2.35. The quantitative estimate of drug-likeness (QED) is 0.520. The zero-order chi connectivity index (χ0) is 23.0. The third-order valence-electron chi connectivity index (χ3n) is 3.99. The van der Waals surface area contributed by atoms with Crippen LogP contribution in [0.25, 0.3) is 11.2 Å². The first-order valence-electron chi connectivity index (χ1n) is 10.7. The molecule has 0 aromatic carbocycles. The fourth-order valence-electron chi connectivity index (χ4n) is 2.71. The number of aromatic nitrogens is 4. The van der Waals surface area contributed by atoms with E-state index in [1.54, 1.807) is 4.57 Å². The Hall–Kier alpha value is -2.07. The summed E-state index contributed by atoms with van der Waals surface area (Å²) in [6.45, 7) is -5.95. The standard InChI is InChI=1S/C16H23N5O4/c1-9(2)3-4-17-15-12-16(19-7-18-15)21(8-20-12)5-10-13(23)14(24)11(6-22)25-10/h3,7-8,10-11,13-14,22-24H,4-6H2,1-2H3,(H,17,18,19)/t10-,11+,13?,14-/m0/s1/i1D3,2D3. The minimum atomic E-state index is -2.76. The fourth-order valence-corrected chi connectivity index (χ4v) is 2.71. The van der Waals surface area contributed by atoms with Gasteiger partial charge in [-0.1, -0.05) is 11.6 Å². The average Bonchev–Trinajstić information content (AvgIpc) is 3.20. The molecule has 0 amide bonds.